The van der Waals surface area contributed by atoms with Crippen molar-refractivity contribution in [2.45, 2.75) is 72.6 Å². The summed E-state index contributed by atoms with van der Waals surface area (Å²) in [6, 6.07) is 8.82. The number of nitrogens with zero attached hydrogens (tertiary/aromatic N) is 3. The molecule has 154 valence electrons. The summed E-state index contributed by atoms with van der Waals surface area (Å²) in [6.07, 6.45) is 6.28. The lowest BCUT2D eigenvalue weighted by Crippen LogP contribution is -2.47. The van der Waals surface area contributed by atoms with Crippen molar-refractivity contribution in [3.05, 3.63) is 29.3 Å². The minimum absolute atomic E-state index is 0.352. The van der Waals surface area contributed by atoms with Crippen LogP contribution in [0.5, 0.6) is 0 Å². The first-order valence-electron chi connectivity index (χ1n) is 11.2. The number of unbranched alkanes of at least 4 members (excludes halogenated alkanes) is 1. The molecule has 2 aliphatic rings. The molecule has 1 saturated heterocycles. The number of nitriles is 1. The van der Waals surface area contributed by atoms with Crippen molar-refractivity contribution in [3.63, 3.8) is 0 Å². The third kappa shape index (κ3) is 5.09. The van der Waals surface area contributed by atoms with Gasteiger partial charge in [-0.25, -0.2) is 0 Å². The molecule has 1 aliphatic heterocycles. The Morgan fingerprint density at radius 2 is 1.68 bits per heavy atom. The molecule has 3 heteroatoms. The minimum Gasteiger partial charge on any atom is -0.369 e. The van der Waals surface area contributed by atoms with E-state index >= 15 is 0 Å². The van der Waals surface area contributed by atoms with Gasteiger partial charge in [0.05, 0.1) is 11.6 Å². The standard InChI is InChI=1S/C25H39N3/c1-6-7-10-27-11-13-28(14-12-27)23-9-8-20(18-26)15-22(23)21-16-24(2,3)19-25(4,5)17-21/h8-9,15,21H,6-7,10-14,16-17,19H2,1-5H3. The Morgan fingerprint density at radius 1 is 1.04 bits per heavy atom. The second kappa shape index (κ2) is 8.46. The number of anilines is 1. The summed E-state index contributed by atoms with van der Waals surface area (Å²) >= 11 is 0. The normalized spacial score (nSPS) is 22.8. The first kappa shape index (κ1) is 21.2. The van der Waals surface area contributed by atoms with E-state index < -0.39 is 0 Å². The Bertz CT molecular complexity index is 689. The summed E-state index contributed by atoms with van der Waals surface area (Å²) in [6.45, 7) is 17.7. The number of benzene rings is 1. The molecule has 1 saturated carbocycles. The van der Waals surface area contributed by atoms with Crippen LogP contribution in [-0.2, 0) is 0 Å². The average Bonchev–Trinajstić information content (AvgIpc) is 2.64. The van der Waals surface area contributed by atoms with Gasteiger partial charge in [0.1, 0.15) is 0 Å². The van der Waals surface area contributed by atoms with Crippen LogP contribution in [0.15, 0.2) is 18.2 Å². The topological polar surface area (TPSA) is 30.3 Å². The van der Waals surface area contributed by atoms with E-state index in [9.17, 15) is 5.26 Å². The van der Waals surface area contributed by atoms with Gasteiger partial charge in [-0.2, -0.15) is 5.26 Å². The molecule has 1 aliphatic carbocycles. The molecule has 1 heterocycles. The highest BCUT2D eigenvalue weighted by Crippen LogP contribution is 2.53. The second-order valence-electron chi connectivity index (χ2n) is 10.7. The average molecular weight is 382 g/mol. The van der Waals surface area contributed by atoms with Gasteiger partial charge in [0, 0.05) is 31.9 Å². The van der Waals surface area contributed by atoms with Crippen LogP contribution in [0.25, 0.3) is 0 Å². The molecular weight excluding hydrogens is 342 g/mol. The molecule has 3 nitrogen and oxygen atoms in total. The molecule has 0 aromatic heterocycles. The van der Waals surface area contributed by atoms with Gasteiger partial charge in [-0.3, -0.25) is 4.90 Å². The zero-order valence-corrected chi connectivity index (χ0v) is 18.7. The van der Waals surface area contributed by atoms with Gasteiger partial charge >= 0.3 is 0 Å². The molecule has 0 amide bonds. The maximum Gasteiger partial charge on any atom is 0.0991 e. The molecule has 0 atom stereocenters. The van der Waals surface area contributed by atoms with Crippen LogP contribution in [0, 0.1) is 22.2 Å². The largest absolute Gasteiger partial charge is 0.369 e. The van der Waals surface area contributed by atoms with Crippen molar-refractivity contribution < 1.29 is 0 Å². The lowest BCUT2D eigenvalue weighted by atomic mass is 9.60. The van der Waals surface area contributed by atoms with Crippen LogP contribution in [0.2, 0.25) is 0 Å². The number of rotatable bonds is 5. The van der Waals surface area contributed by atoms with Crippen molar-refractivity contribution >= 4 is 5.69 Å². The highest BCUT2D eigenvalue weighted by molar-refractivity contribution is 5.59. The number of hydrogen-bond acceptors (Lipinski definition) is 3. The molecule has 28 heavy (non-hydrogen) atoms. The summed E-state index contributed by atoms with van der Waals surface area (Å²) in [5.74, 6) is 0.542. The number of hydrogen-bond donors (Lipinski definition) is 0. The van der Waals surface area contributed by atoms with E-state index in [1.807, 2.05) is 6.07 Å². The van der Waals surface area contributed by atoms with Gasteiger partial charge in [0.25, 0.3) is 0 Å². The van der Waals surface area contributed by atoms with E-state index in [1.54, 1.807) is 0 Å². The summed E-state index contributed by atoms with van der Waals surface area (Å²) in [7, 11) is 0. The van der Waals surface area contributed by atoms with E-state index in [4.69, 9.17) is 0 Å². The van der Waals surface area contributed by atoms with Crippen LogP contribution >= 0.6 is 0 Å². The summed E-state index contributed by atoms with van der Waals surface area (Å²) in [4.78, 5) is 5.18. The highest BCUT2D eigenvalue weighted by Gasteiger charge is 2.40. The fourth-order valence-electron chi connectivity index (χ4n) is 5.90. The van der Waals surface area contributed by atoms with Crippen molar-refractivity contribution in [3.8, 4) is 6.07 Å². The quantitative estimate of drug-likeness (QED) is 0.645. The Balaban J connectivity index is 1.84. The minimum atomic E-state index is 0.352. The summed E-state index contributed by atoms with van der Waals surface area (Å²) in [5, 5.41) is 9.51. The Labute approximate surface area is 172 Å². The lowest BCUT2D eigenvalue weighted by molar-refractivity contribution is 0.0969. The van der Waals surface area contributed by atoms with E-state index in [1.165, 1.54) is 49.9 Å². The fraction of sp³-hybridized carbons (Fsp3) is 0.720. The van der Waals surface area contributed by atoms with Gasteiger partial charge < -0.3 is 4.90 Å². The Morgan fingerprint density at radius 3 is 2.25 bits per heavy atom. The second-order valence-corrected chi connectivity index (χ2v) is 10.7. The summed E-state index contributed by atoms with van der Waals surface area (Å²) in [5.41, 5.74) is 4.31. The maximum absolute atomic E-state index is 9.51. The Hall–Kier alpha value is -1.53. The van der Waals surface area contributed by atoms with Gasteiger partial charge in [0.2, 0.25) is 0 Å². The van der Waals surface area contributed by atoms with E-state index in [2.05, 4.69) is 62.6 Å². The first-order valence-corrected chi connectivity index (χ1v) is 11.2. The smallest absolute Gasteiger partial charge is 0.0991 e. The third-order valence-electron chi connectivity index (χ3n) is 6.69. The summed E-state index contributed by atoms with van der Waals surface area (Å²) < 4.78 is 0. The van der Waals surface area contributed by atoms with Crippen LogP contribution in [0.3, 0.4) is 0 Å². The predicted molar refractivity (Wildman–Crippen MR) is 119 cm³/mol. The maximum atomic E-state index is 9.51. The Kier molecular flexibility index (Phi) is 6.40. The predicted octanol–water partition coefficient (Wildman–Crippen LogP) is 5.80. The van der Waals surface area contributed by atoms with Crippen LogP contribution < -0.4 is 4.90 Å². The highest BCUT2D eigenvalue weighted by atomic mass is 15.3. The van der Waals surface area contributed by atoms with Gasteiger partial charge in [0.15, 0.2) is 0 Å². The molecular formula is C25H39N3. The van der Waals surface area contributed by atoms with Gasteiger partial charge in [-0.1, -0.05) is 41.0 Å². The van der Waals surface area contributed by atoms with E-state index in [-0.39, 0.29) is 0 Å². The molecule has 0 bridgehead atoms. The van der Waals surface area contributed by atoms with Crippen molar-refractivity contribution in [2.24, 2.45) is 10.8 Å². The van der Waals surface area contributed by atoms with Crippen LogP contribution in [0.4, 0.5) is 5.69 Å². The molecule has 0 N–H and O–H groups in total. The van der Waals surface area contributed by atoms with Crippen LogP contribution in [0.1, 0.15) is 83.8 Å². The SMILES string of the molecule is CCCCN1CCN(c2ccc(C#N)cc2C2CC(C)(C)CC(C)(C)C2)CC1. The van der Waals surface area contributed by atoms with Gasteiger partial charge in [-0.15, -0.1) is 0 Å². The molecule has 2 fully saturated rings. The zero-order valence-electron chi connectivity index (χ0n) is 18.7. The molecule has 0 spiro atoms. The van der Waals surface area contributed by atoms with Crippen LogP contribution in [-0.4, -0.2) is 37.6 Å². The van der Waals surface area contributed by atoms with Crippen molar-refractivity contribution in [1.82, 2.24) is 4.90 Å². The van der Waals surface area contributed by atoms with Crippen molar-refractivity contribution in [2.75, 3.05) is 37.6 Å². The molecule has 3 rings (SSSR count). The van der Waals surface area contributed by atoms with Crippen molar-refractivity contribution in [1.29, 1.82) is 5.26 Å². The lowest BCUT2D eigenvalue weighted by Gasteiger charge is -2.46. The van der Waals surface area contributed by atoms with Gasteiger partial charge in [-0.05, 0) is 72.7 Å². The molecule has 1 aromatic rings. The molecule has 0 radical (unpaired) electrons. The third-order valence-corrected chi connectivity index (χ3v) is 6.69. The molecule has 1 aromatic carbocycles. The number of piperazine rings is 1. The fourth-order valence-corrected chi connectivity index (χ4v) is 5.90. The van der Waals surface area contributed by atoms with E-state index in [0.717, 1.165) is 31.7 Å². The van der Waals surface area contributed by atoms with E-state index in [0.29, 0.717) is 16.7 Å². The monoisotopic (exact) mass is 381 g/mol. The zero-order chi connectivity index (χ0) is 20.4. The first-order chi connectivity index (χ1) is 13.2. The molecule has 0 unspecified atom stereocenters.